The second-order valence-corrected chi connectivity index (χ2v) is 8.61. The van der Waals surface area contributed by atoms with Crippen LogP contribution in [0.2, 0.25) is 0 Å². The molecule has 1 aliphatic rings. The number of aromatic nitrogens is 3. The summed E-state index contributed by atoms with van der Waals surface area (Å²) in [6, 6.07) is 0.521. The molecule has 3 atom stereocenters. The van der Waals surface area contributed by atoms with Crippen LogP contribution in [0.1, 0.15) is 35.1 Å². The second kappa shape index (κ2) is 9.08. The number of carbonyl (C=O) groups is 1. The maximum Gasteiger partial charge on any atom is 0.277 e. The van der Waals surface area contributed by atoms with E-state index in [0.29, 0.717) is 35.9 Å². The molecule has 1 fully saturated rings. The number of amides is 1. The number of thiazole rings is 1. The number of rotatable bonds is 4. The van der Waals surface area contributed by atoms with Gasteiger partial charge in [-0.05, 0) is 18.9 Å². The molecule has 0 radical (unpaired) electrons. The Morgan fingerprint density at radius 2 is 2.06 bits per heavy atom. The van der Waals surface area contributed by atoms with Crippen molar-refractivity contribution in [3.8, 4) is 10.6 Å². The van der Waals surface area contributed by atoms with Crippen LogP contribution in [0.4, 0.5) is 28.3 Å². The molecule has 3 unspecified atom stereocenters. The minimum atomic E-state index is -1.39. The third kappa shape index (κ3) is 4.56. The fourth-order valence-corrected chi connectivity index (χ4v) is 4.42. The molecule has 1 aliphatic heterocycles. The summed E-state index contributed by atoms with van der Waals surface area (Å²) in [6.45, 7) is -0.192. The van der Waals surface area contributed by atoms with E-state index in [1.54, 1.807) is 7.05 Å². The van der Waals surface area contributed by atoms with E-state index >= 15 is 0 Å². The molecule has 13 heteroatoms. The van der Waals surface area contributed by atoms with Gasteiger partial charge in [-0.25, -0.2) is 22.5 Å². The van der Waals surface area contributed by atoms with Gasteiger partial charge in [0.25, 0.3) is 5.91 Å². The minimum Gasteiger partial charge on any atom is -0.389 e. The number of nitrogens with two attached hydrogens (primary N) is 2. The summed E-state index contributed by atoms with van der Waals surface area (Å²) in [5, 5.41) is 6.52. The first-order chi connectivity index (χ1) is 15.7. The van der Waals surface area contributed by atoms with E-state index in [0.717, 1.165) is 6.07 Å². The second-order valence-electron chi connectivity index (χ2n) is 7.58. The number of nitrogen functional groups attached to an aromatic ring is 1. The molecule has 33 heavy (non-hydrogen) atoms. The molecule has 3 aromatic rings. The smallest absolute Gasteiger partial charge is 0.277 e. The quantitative estimate of drug-likeness (QED) is 0.386. The molecular weight excluding hydrogens is 464 g/mol. The van der Waals surface area contributed by atoms with Gasteiger partial charge in [-0.1, -0.05) is 11.3 Å². The average molecular weight is 484 g/mol. The summed E-state index contributed by atoms with van der Waals surface area (Å²) in [4.78, 5) is 16.9. The predicted octanol–water partition coefficient (Wildman–Crippen LogP) is 3.31. The van der Waals surface area contributed by atoms with E-state index in [-0.39, 0.29) is 28.0 Å². The van der Waals surface area contributed by atoms with E-state index < -0.39 is 47.2 Å². The van der Waals surface area contributed by atoms with Crippen LogP contribution in [0.5, 0.6) is 0 Å². The zero-order valence-electron chi connectivity index (χ0n) is 17.3. The Bertz CT molecular complexity index is 1190. The molecule has 0 bridgehead atoms. The fourth-order valence-electron chi connectivity index (χ4n) is 3.58. The van der Waals surface area contributed by atoms with Gasteiger partial charge in [0.15, 0.2) is 17.3 Å². The number of benzene rings is 1. The maximum atomic E-state index is 14.1. The SMILES string of the molecule is Cn1ncc(NC(=O)c2nc(-c3cc(F)cc(F)c3F)sc2N)c1C1CCC(N)C(F)CO1. The van der Waals surface area contributed by atoms with Crippen molar-refractivity contribution in [3.63, 3.8) is 0 Å². The predicted molar refractivity (Wildman–Crippen MR) is 114 cm³/mol. The van der Waals surface area contributed by atoms with Crippen molar-refractivity contribution in [2.75, 3.05) is 17.7 Å². The van der Waals surface area contributed by atoms with Gasteiger partial charge in [0.2, 0.25) is 0 Å². The number of hydrogen-bond donors (Lipinski definition) is 3. The highest BCUT2D eigenvalue weighted by Gasteiger charge is 2.30. The monoisotopic (exact) mass is 484 g/mol. The number of nitrogens with zero attached hydrogens (tertiary/aromatic N) is 3. The summed E-state index contributed by atoms with van der Waals surface area (Å²) in [5.41, 5.74) is 11.7. The lowest BCUT2D eigenvalue weighted by Gasteiger charge is -2.17. The lowest BCUT2D eigenvalue weighted by atomic mass is 10.0. The number of aryl methyl sites for hydroxylation is 1. The topological polar surface area (TPSA) is 121 Å². The molecule has 4 rings (SSSR count). The zero-order valence-corrected chi connectivity index (χ0v) is 18.1. The lowest BCUT2D eigenvalue weighted by Crippen LogP contribution is -2.32. The Labute approximate surface area is 189 Å². The Hall–Kier alpha value is -3.03. The van der Waals surface area contributed by atoms with E-state index in [1.807, 2.05) is 0 Å². The zero-order chi connectivity index (χ0) is 23.9. The summed E-state index contributed by atoms with van der Waals surface area (Å²) in [7, 11) is 1.64. The highest BCUT2D eigenvalue weighted by atomic mass is 32.1. The summed E-state index contributed by atoms with van der Waals surface area (Å²) in [5.74, 6) is -4.43. The van der Waals surface area contributed by atoms with Crippen molar-refractivity contribution < 1.29 is 27.1 Å². The van der Waals surface area contributed by atoms with Gasteiger partial charge >= 0.3 is 0 Å². The molecule has 2 aromatic heterocycles. The first-order valence-electron chi connectivity index (χ1n) is 9.91. The van der Waals surface area contributed by atoms with Crippen molar-refractivity contribution in [2.45, 2.75) is 31.2 Å². The summed E-state index contributed by atoms with van der Waals surface area (Å²) < 4.78 is 62.3. The Morgan fingerprint density at radius 1 is 1.30 bits per heavy atom. The molecule has 1 aromatic carbocycles. The van der Waals surface area contributed by atoms with Crippen molar-refractivity contribution in [2.24, 2.45) is 12.8 Å². The normalized spacial score (nSPS) is 21.1. The lowest BCUT2D eigenvalue weighted by molar-refractivity contribution is 0.0247. The molecule has 1 saturated heterocycles. The molecule has 3 heterocycles. The Balaban J connectivity index is 1.60. The standard InChI is InChI=1S/C20H20F4N6O2S/c1-30-17(14-3-2-12(25)11(23)7-32-14)13(6-27-30)28-19(31)16-18(26)33-20(29-16)9-4-8(21)5-10(22)15(9)24/h4-6,11-12,14H,2-3,7,25-26H2,1H3,(H,28,31). The van der Waals surface area contributed by atoms with Crippen molar-refractivity contribution in [1.29, 1.82) is 0 Å². The number of anilines is 2. The van der Waals surface area contributed by atoms with Crippen LogP contribution in [0.3, 0.4) is 0 Å². The third-order valence-electron chi connectivity index (χ3n) is 5.31. The first-order valence-corrected chi connectivity index (χ1v) is 10.7. The molecule has 176 valence electrons. The van der Waals surface area contributed by atoms with Gasteiger partial charge < -0.3 is 21.5 Å². The number of halogens is 4. The van der Waals surface area contributed by atoms with Gasteiger partial charge in [-0.2, -0.15) is 5.10 Å². The number of alkyl halides is 1. The van der Waals surface area contributed by atoms with Crippen molar-refractivity contribution in [3.05, 3.63) is 47.2 Å². The molecule has 0 spiro atoms. The van der Waals surface area contributed by atoms with Gasteiger partial charge in [0.05, 0.1) is 29.7 Å². The van der Waals surface area contributed by atoms with E-state index in [1.165, 1.54) is 10.9 Å². The van der Waals surface area contributed by atoms with Crippen LogP contribution in [0.15, 0.2) is 18.3 Å². The van der Waals surface area contributed by atoms with Crippen molar-refractivity contribution >= 4 is 27.9 Å². The van der Waals surface area contributed by atoms with Crippen LogP contribution >= 0.6 is 11.3 Å². The van der Waals surface area contributed by atoms with Crippen LogP contribution in [0, 0.1) is 17.5 Å². The van der Waals surface area contributed by atoms with Crippen LogP contribution < -0.4 is 16.8 Å². The first kappa shape index (κ1) is 23.1. The van der Waals surface area contributed by atoms with Gasteiger partial charge in [0, 0.05) is 19.2 Å². The summed E-state index contributed by atoms with van der Waals surface area (Å²) in [6.07, 6.45) is 0.314. The number of ether oxygens (including phenoxy) is 1. The van der Waals surface area contributed by atoms with E-state index in [9.17, 15) is 22.4 Å². The van der Waals surface area contributed by atoms with E-state index in [2.05, 4.69) is 15.4 Å². The third-order valence-corrected chi connectivity index (χ3v) is 6.23. The Kier molecular flexibility index (Phi) is 6.36. The van der Waals surface area contributed by atoms with Gasteiger partial charge in [-0.15, -0.1) is 0 Å². The van der Waals surface area contributed by atoms with Crippen LogP contribution in [-0.4, -0.2) is 39.5 Å². The highest BCUT2D eigenvalue weighted by molar-refractivity contribution is 7.19. The summed E-state index contributed by atoms with van der Waals surface area (Å²) >= 11 is 0.710. The average Bonchev–Trinajstić information content (AvgIpc) is 3.27. The number of carbonyl (C=O) groups excluding carboxylic acids is 1. The Morgan fingerprint density at radius 3 is 2.82 bits per heavy atom. The minimum absolute atomic E-state index is 0.0750. The van der Waals surface area contributed by atoms with Crippen LogP contribution in [-0.2, 0) is 11.8 Å². The largest absolute Gasteiger partial charge is 0.389 e. The van der Waals surface area contributed by atoms with Gasteiger partial charge in [0.1, 0.15) is 28.1 Å². The molecular formula is C20H20F4N6O2S. The number of nitrogens with one attached hydrogen (secondary N) is 1. The van der Waals surface area contributed by atoms with Crippen molar-refractivity contribution in [1.82, 2.24) is 14.8 Å². The van der Waals surface area contributed by atoms with Crippen LogP contribution in [0.25, 0.3) is 10.6 Å². The molecule has 0 saturated carbocycles. The number of hydrogen-bond acceptors (Lipinski definition) is 7. The molecule has 8 nitrogen and oxygen atoms in total. The fraction of sp³-hybridized carbons (Fsp3) is 0.350. The van der Waals surface area contributed by atoms with Gasteiger partial charge in [-0.3, -0.25) is 9.48 Å². The molecule has 0 aliphatic carbocycles. The molecule has 5 N–H and O–H groups in total. The van der Waals surface area contributed by atoms with E-state index in [4.69, 9.17) is 16.2 Å². The highest BCUT2D eigenvalue weighted by Crippen LogP contribution is 2.35. The maximum absolute atomic E-state index is 14.1. The molecule has 1 amide bonds.